The van der Waals surface area contributed by atoms with E-state index in [0.717, 1.165) is 6.07 Å². The van der Waals surface area contributed by atoms with Crippen molar-refractivity contribution >= 4 is 0 Å². The summed E-state index contributed by atoms with van der Waals surface area (Å²) in [4.78, 5) is 13.1. The lowest BCUT2D eigenvalue weighted by Gasteiger charge is -2.04. The van der Waals surface area contributed by atoms with E-state index in [9.17, 15) is 13.6 Å². The van der Waals surface area contributed by atoms with E-state index in [4.69, 9.17) is 5.11 Å². The van der Waals surface area contributed by atoms with Gasteiger partial charge in [0.25, 0.3) is 12.0 Å². The largest absolute Gasteiger partial charge is 0.390 e. The zero-order chi connectivity index (χ0) is 10.0. The van der Waals surface area contributed by atoms with Crippen LogP contribution in [-0.4, -0.2) is 10.1 Å². The molecule has 0 unspecified atom stereocenters. The molecule has 13 heavy (non-hydrogen) atoms. The number of aryl methyl sites for hydroxylation is 1. The predicted octanol–water partition coefficient (Wildman–Crippen LogP) is 1.11. The average molecular weight is 189 g/mol. The first-order valence-corrected chi connectivity index (χ1v) is 3.68. The van der Waals surface area contributed by atoms with Crippen LogP contribution in [0.4, 0.5) is 8.78 Å². The number of nitrogens with one attached hydrogen (secondary N) is 1. The van der Waals surface area contributed by atoms with E-state index in [1.165, 1.54) is 0 Å². The van der Waals surface area contributed by atoms with E-state index in [1.807, 2.05) is 0 Å². The van der Waals surface area contributed by atoms with Crippen molar-refractivity contribution in [3.8, 4) is 0 Å². The quantitative estimate of drug-likeness (QED) is 0.732. The molecule has 0 fully saturated rings. The van der Waals surface area contributed by atoms with Crippen molar-refractivity contribution in [2.45, 2.75) is 20.0 Å². The summed E-state index contributed by atoms with van der Waals surface area (Å²) >= 11 is 0. The lowest BCUT2D eigenvalue weighted by molar-refractivity contribution is 0.149. The van der Waals surface area contributed by atoms with Crippen molar-refractivity contribution in [1.29, 1.82) is 0 Å². The highest BCUT2D eigenvalue weighted by atomic mass is 19.3. The Morgan fingerprint density at radius 2 is 2.23 bits per heavy atom. The second-order valence-corrected chi connectivity index (χ2v) is 2.67. The number of aromatic amines is 1. The van der Waals surface area contributed by atoms with Crippen LogP contribution < -0.4 is 5.56 Å². The smallest absolute Gasteiger partial charge is 0.269 e. The SMILES string of the molecule is Cc1cc(C(F)F)c(=O)[nH]c1CO. The van der Waals surface area contributed by atoms with Crippen molar-refractivity contribution in [1.82, 2.24) is 4.98 Å². The molecule has 2 N–H and O–H groups in total. The molecule has 0 aromatic carbocycles. The standard InChI is InChI=1S/C8H9F2NO2/c1-4-2-5(7(9)10)8(13)11-6(4)3-12/h2,7,12H,3H2,1H3,(H,11,13). The molecule has 72 valence electrons. The normalized spacial score (nSPS) is 10.8. The first-order valence-electron chi connectivity index (χ1n) is 3.68. The van der Waals surface area contributed by atoms with Crippen LogP contribution in [0, 0.1) is 6.92 Å². The van der Waals surface area contributed by atoms with Crippen molar-refractivity contribution in [3.63, 3.8) is 0 Å². The Kier molecular flexibility index (Phi) is 2.77. The molecule has 0 radical (unpaired) electrons. The maximum absolute atomic E-state index is 12.2. The number of halogens is 2. The zero-order valence-corrected chi connectivity index (χ0v) is 6.97. The van der Waals surface area contributed by atoms with Crippen molar-refractivity contribution in [3.05, 3.63) is 33.2 Å². The number of aromatic nitrogens is 1. The summed E-state index contributed by atoms with van der Waals surface area (Å²) in [6, 6.07) is 1.09. The van der Waals surface area contributed by atoms with Gasteiger partial charge in [-0.05, 0) is 18.6 Å². The van der Waals surface area contributed by atoms with E-state index in [1.54, 1.807) is 6.92 Å². The van der Waals surface area contributed by atoms with E-state index in [-0.39, 0.29) is 12.3 Å². The monoisotopic (exact) mass is 189 g/mol. The van der Waals surface area contributed by atoms with Crippen molar-refractivity contribution in [2.24, 2.45) is 0 Å². The molecule has 1 heterocycles. The van der Waals surface area contributed by atoms with Gasteiger partial charge in [0.2, 0.25) is 0 Å². The molecule has 0 aliphatic rings. The maximum atomic E-state index is 12.2. The number of alkyl halides is 2. The van der Waals surface area contributed by atoms with Crippen LogP contribution in [-0.2, 0) is 6.61 Å². The number of rotatable bonds is 2. The average Bonchev–Trinajstić information content (AvgIpc) is 2.07. The summed E-state index contributed by atoms with van der Waals surface area (Å²) in [5, 5.41) is 8.71. The van der Waals surface area contributed by atoms with Crippen LogP contribution in [0.2, 0.25) is 0 Å². The molecule has 0 atom stereocenters. The highest BCUT2D eigenvalue weighted by Crippen LogP contribution is 2.16. The first kappa shape index (κ1) is 9.85. The maximum Gasteiger partial charge on any atom is 0.269 e. The third-order valence-electron chi connectivity index (χ3n) is 1.77. The van der Waals surface area contributed by atoms with Gasteiger partial charge in [0.15, 0.2) is 0 Å². The molecule has 1 aromatic heterocycles. The minimum Gasteiger partial charge on any atom is -0.390 e. The number of pyridine rings is 1. The highest BCUT2D eigenvalue weighted by molar-refractivity contribution is 5.24. The summed E-state index contributed by atoms with van der Waals surface area (Å²) in [7, 11) is 0. The fourth-order valence-corrected chi connectivity index (χ4v) is 1.02. The summed E-state index contributed by atoms with van der Waals surface area (Å²) in [5.41, 5.74) is -0.675. The van der Waals surface area contributed by atoms with E-state index >= 15 is 0 Å². The number of H-pyrrole nitrogens is 1. The van der Waals surface area contributed by atoms with Crippen LogP contribution in [0.25, 0.3) is 0 Å². The molecule has 1 aromatic rings. The van der Waals surface area contributed by atoms with Gasteiger partial charge in [-0.2, -0.15) is 0 Å². The van der Waals surface area contributed by atoms with Crippen LogP contribution in [0.3, 0.4) is 0 Å². The molecule has 3 nitrogen and oxygen atoms in total. The van der Waals surface area contributed by atoms with Gasteiger partial charge in [-0.1, -0.05) is 0 Å². The van der Waals surface area contributed by atoms with Gasteiger partial charge in [-0.15, -0.1) is 0 Å². The second-order valence-electron chi connectivity index (χ2n) is 2.67. The molecule has 0 bridgehead atoms. The van der Waals surface area contributed by atoms with Crippen LogP contribution in [0.5, 0.6) is 0 Å². The Bertz CT molecular complexity index is 360. The van der Waals surface area contributed by atoms with E-state index < -0.39 is 17.5 Å². The third-order valence-corrected chi connectivity index (χ3v) is 1.77. The summed E-state index contributed by atoms with van der Waals surface area (Å²) in [5.74, 6) is 0. The molecule has 0 saturated carbocycles. The van der Waals surface area contributed by atoms with Gasteiger partial charge in [0.1, 0.15) is 0 Å². The van der Waals surface area contributed by atoms with E-state index in [0.29, 0.717) is 5.56 Å². The van der Waals surface area contributed by atoms with Gasteiger partial charge in [0, 0.05) is 5.69 Å². The summed E-state index contributed by atoms with van der Waals surface area (Å²) in [6.45, 7) is 1.19. The minimum absolute atomic E-state index is 0.273. The molecule has 0 aliphatic carbocycles. The van der Waals surface area contributed by atoms with Gasteiger partial charge in [-0.3, -0.25) is 4.79 Å². The summed E-state index contributed by atoms with van der Waals surface area (Å²) in [6.07, 6.45) is -2.78. The van der Waals surface area contributed by atoms with Gasteiger partial charge in [-0.25, -0.2) is 8.78 Å². The van der Waals surface area contributed by atoms with Gasteiger partial charge >= 0.3 is 0 Å². The molecular formula is C8H9F2NO2. The molecule has 1 rings (SSSR count). The molecule has 0 amide bonds. The Labute approximate surface area is 73.0 Å². The highest BCUT2D eigenvalue weighted by Gasteiger charge is 2.13. The first-order chi connectivity index (χ1) is 6.06. The molecular weight excluding hydrogens is 180 g/mol. The molecule has 0 saturated heterocycles. The Morgan fingerprint density at radius 3 is 2.69 bits per heavy atom. The van der Waals surface area contributed by atoms with Crippen LogP contribution in [0.1, 0.15) is 23.2 Å². The number of hydrogen-bond acceptors (Lipinski definition) is 2. The topological polar surface area (TPSA) is 53.1 Å². The predicted molar refractivity (Wildman–Crippen MR) is 42.7 cm³/mol. The van der Waals surface area contributed by atoms with Gasteiger partial charge < -0.3 is 10.1 Å². The number of aliphatic hydroxyl groups excluding tert-OH is 1. The molecule has 0 aliphatic heterocycles. The fraction of sp³-hybridized carbons (Fsp3) is 0.375. The lowest BCUT2D eigenvalue weighted by atomic mass is 10.1. The second kappa shape index (κ2) is 3.66. The van der Waals surface area contributed by atoms with Crippen LogP contribution >= 0.6 is 0 Å². The summed E-state index contributed by atoms with van der Waals surface area (Å²) < 4.78 is 24.3. The van der Waals surface area contributed by atoms with Crippen LogP contribution in [0.15, 0.2) is 10.9 Å². The fourth-order valence-electron chi connectivity index (χ4n) is 1.02. The number of hydrogen-bond donors (Lipinski definition) is 2. The zero-order valence-electron chi connectivity index (χ0n) is 6.97. The Balaban J connectivity index is 3.29. The van der Waals surface area contributed by atoms with Crippen molar-refractivity contribution in [2.75, 3.05) is 0 Å². The van der Waals surface area contributed by atoms with E-state index in [2.05, 4.69) is 4.98 Å². The minimum atomic E-state index is -2.78. The number of aliphatic hydroxyl groups is 1. The van der Waals surface area contributed by atoms with Gasteiger partial charge in [0.05, 0.1) is 12.2 Å². The lowest BCUT2D eigenvalue weighted by Crippen LogP contribution is -2.16. The Morgan fingerprint density at radius 1 is 1.62 bits per heavy atom. The Hall–Kier alpha value is -1.23. The molecule has 0 spiro atoms. The molecule has 5 heteroatoms. The van der Waals surface area contributed by atoms with Crippen molar-refractivity contribution < 1.29 is 13.9 Å². The third kappa shape index (κ3) is 1.92.